The second-order valence-corrected chi connectivity index (χ2v) is 12.1. The van der Waals surface area contributed by atoms with Crippen LogP contribution in [-0.4, -0.2) is 97.9 Å². The van der Waals surface area contributed by atoms with Crippen LogP contribution in [-0.2, 0) is 14.4 Å². The molecule has 0 spiro atoms. The Hall–Kier alpha value is -2.58. The molecule has 2 aliphatic rings. The van der Waals surface area contributed by atoms with Crippen molar-refractivity contribution in [2.75, 3.05) is 57.8 Å². The number of para-hydroxylation sites is 1. The second-order valence-electron chi connectivity index (χ2n) is 11.7. The lowest BCUT2D eigenvalue weighted by Crippen LogP contribution is -2.49. The molecule has 0 aromatic heterocycles. The molecule has 42 heavy (non-hydrogen) atoms. The quantitative estimate of drug-likeness (QED) is 0.299. The smallest absolute Gasteiger partial charge is 0.249 e. The third-order valence-corrected chi connectivity index (χ3v) is 7.82. The van der Waals surface area contributed by atoms with Gasteiger partial charge in [-0.3, -0.25) is 14.4 Å². The first-order valence-electron chi connectivity index (χ1n) is 15.6. The average molecular weight is 606 g/mol. The molecule has 0 radical (unpaired) electrons. The minimum absolute atomic E-state index is 0.0219. The molecule has 2 heterocycles. The molecule has 1 aromatic carbocycles. The first-order valence-corrected chi connectivity index (χ1v) is 16.0. The molecule has 2 aliphatic heterocycles. The third-order valence-electron chi connectivity index (χ3n) is 7.50. The molecule has 9 heteroatoms. The van der Waals surface area contributed by atoms with Crippen LogP contribution < -0.4 is 10.2 Å². The SMILES string of the molecule is C/C(=C\C(C(C)C)N(C)C(=O)CNC=O)C(=O)N1CCN(c2ccccc2Cl)CC1.CC(C)N1CCCCC1.CCC. The van der Waals surface area contributed by atoms with Crippen LogP contribution in [0, 0.1) is 5.92 Å². The van der Waals surface area contributed by atoms with Crippen LogP contribution in [0.1, 0.15) is 74.1 Å². The number of carbonyl (C=O) groups is 3. The summed E-state index contributed by atoms with van der Waals surface area (Å²) in [6.45, 7) is 19.9. The molecule has 1 unspecified atom stereocenters. The molecule has 0 saturated carbocycles. The summed E-state index contributed by atoms with van der Waals surface area (Å²) in [7, 11) is 1.69. The molecule has 1 atom stereocenters. The standard InChI is InChI=1S/C22H31ClN4O3.C8H17N.C3H8/c1-16(2)20(25(4)21(29)14-24-15-28)13-17(3)22(30)27-11-9-26(10-12-27)19-8-6-5-7-18(19)23;1-8(2)9-6-4-3-5-7-9;1-3-2/h5-8,13,15-16,20H,9-12,14H2,1-4H3,(H,24,28);8H,3-7H2,1-2H3;3H2,1-2H3/b17-13+;;. The zero-order valence-corrected chi connectivity index (χ0v) is 28.1. The van der Waals surface area contributed by atoms with E-state index < -0.39 is 0 Å². The minimum atomic E-state index is -0.237. The van der Waals surface area contributed by atoms with Gasteiger partial charge >= 0.3 is 0 Å². The Bertz CT molecular complexity index is 970. The molecule has 1 aromatic rings. The number of piperazine rings is 1. The number of nitrogens with zero attached hydrogens (tertiary/aromatic N) is 4. The number of likely N-dealkylation sites (N-methyl/N-ethyl adjacent to an activating group) is 1. The summed E-state index contributed by atoms with van der Waals surface area (Å²) >= 11 is 6.29. The number of likely N-dealkylation sites (tertiary alicyclic amines) is 1. The van der Waals surface area contributed by atoms with E-state index in [-0.39, 0.29) is 30.3 Å². The van der Waals surface area contributed by atoms with Gasteiger partial charge in [0.1, 0.15) is 0 Å². The maximum Gasteiger partial charge on any atom is 0.249 e. The second kappa shape index (κ2) is 20.3. The van der Waals surface area contributed by atoms with Gasteiger partial charge in [-0.15, -0.1) is 0 Å². The highest BCUT2D eigenvalue weighted by Gasteiger charge is 2.26. The van der Waals surface area contributed by atoms with E-state index >= 15 is 0 Å². The number of halogens is 1. The van der Waals surface area contributed by atoms with Crippen molar-refractivity contribution < 1.29 is 14.4 Å². The third kappa shape index (κ3) is 12.7. The summed E-state index contributed by atoms with van der Waals surface area (Å²) in [5, 5.41) is 3.10. The summed E-state index contributed by atoms with van der Waals surface area (Å²) < 4.78 is 0. The Morgan fingerprint density at radius 3 is 2.02 bits per heavy atom. The molecule has 0 aliphatic carbocycles. The lowest BCUT2D eigenvalue weighted by atomic mass is 9.99. The summed E-state index contributed by atoms with van der Waals surface area (Å²) in [5.74, 6) is -0.105. The Morgan fingerprint density at radius 1 is 0.976 bits per heavy atom. The monoisotopic (exact) mass is 605 g/mol. The van der Waals surface area contributed by atoms with Gasteiger partial charge in [-0.25, -0.2) is 0 Å². The van der Waals surface area contributed by atoms with Crippen LogP contribution in [0.4, 0.5) is 5.69 Å². The number of benzene rings is 1. The number of hydrogen-bond donors (Lipinski definition) is 1. The zero-order chi connectivity index (χ0) is 31.7. The molecule has 238 valence electrons. The zero-order valence-electron chi connectivity index (χ0n) is 27.4. The Balaban J connectivity index is 0.000000611. The Morgan fingerprint density at radius 2 is 1.55 bits per heavy atom. The number of carbonyl (C=O) groups excluding carboxylic acids is 3. The molecule has 8 nitrogen and oxygen atoms in total. The predicted octanol–water partition coefficient (Wildman–Crippen LogP) is 5.46. The predicted molar refractivity (Wildman–Crippen MR) is 176 cm³/mol. The maximum atomic E-state index is 13.0. The topological polar surface area (TPSA) is 76.2 Å². The molecule has 1 N–H and O–H groups in total. The largest absolute Gasteiger partial charge is 0.367 e. The highest BCUT2D eigenvalue weighted by molar-refractivity contribution is 6.33. The molecular weight excluding hydrogens is 550 g/mol. The van der Waals surface area contributed by atoms with E-state index in [0.29, 0.717) is 43.2 Å². The number of hydrogen-bond acceptors (Lipinski definition) is 5. The van der Waals surface area contributed by atoms with Crippen molar-refractivity contribution in [3.63, 3.8) is 0 Å². The fourth-order valence-electron chi connectivity index (χ4n) is 5.04. The lowest BCUT2D eigenvalue weighted by molar-refractivity contribution is -0.132. The fourth-order valence-corrected chi connectivity index (χ4v) is 5.30. The van der Waals surface area contributed by atoms with Crippen molar-refractivity contribution in [1.82, 2.24) is 20.0 Å². The number of amides is 3. The highest BCUT2D eigenvalue weighted by atomic mass is 35.5. The maximum absolute atomic E-state index is 13.0. The van der Waals surface area contributed by atoms with Crippen molar-refractivity contribution in [1.29, 1.82) is 0 Å². The van der Waals surface area contributed by atoms with Crippen molar-refractivity contribution in [3.05, 3.63) is 40.9 Å². The van der Waals surface area contributed by atoms with Crippen LogP contribution in [0.15, 0.2) is 35.9 Å². The van der Waals surface area contributed by atoms with Gasteiger partial charge in [0.05, 0.1) is 23.3 Å². The van der Waals surface area contributed by atoms with E-state index in [1.807, 2.05) is 49.1 Å². The first kappa shape index (κ1) is 37.4. The molecular formula is C33H56ClN5O3. The normalized spacial score (nSPS) is 16.6. The van der Waals surface area contributed by atoms with Gasteiger partial charge in [0.25, 0.3) is 0 Å². The number of piperidine rings is 1. The Kier molecular flexibility index (Phi) is 18.1. The summed E-state index contributed by atoms with van der Waals surface area (Å²) in [5.41, 5.74) is 1.60. The van der Waals surface area contributed by atoms with E-state index in [9.17, 15) is 14.4 Å². The summed E-state index contributed by atoms with van der Waals surface area (Å²) in [6.07, 6.45) is 7.88. The van der Waals surface area contributed by atoms with Gasteiger partial charge in [0, 0.05) is 44.8 Å². The number of anilines is 1. The van der Waals surface area contributed by atoms with Crippen molar-refractivity contribution in [3.8, 4) is 0 Å². The van der Waals surface area contributed by atoms with Gasteiger partial charge in [0.15, 0.2) is 0 Å². The molecule has 3 amide bonds. The van der Waals surface area contributed by atoms with E-state index in [2.05, 4.69) is 42.8 Å². The number of nitrogens with one attached hydrogen (secondary N) is 1. The van der Waals surface area contributed by atoms with Gasteiger partial charge in [-0.05, 0) is 64.8 Å². The van der Waals surface area contributed by atoms with E-state index in [1.54, 1.807) is 18.9 Å². The van der Waals surface area contributed by atoms with Crippen LogP contribution in [0.3, 0.4) is 0 Å². The molecule has 2 fully saturated rings. The van der Waals surface area contributed by atoms with Gasteiger partial charge in [-0.1, -0.05) is 70.3 Å². The molecule has 0 bridgehead atoms. The average Bonchev–Trinajstić information content (AvgIpc) is 2.99. The van der Waals surface area contributed by atoms with E-state index in [4.69, 9.17) is 11.6 Å². The number of rotatable bonds is 9. The molecule has 3 rings (SSSR count). The first-order chi connectivity index (χ1) is 20.0. The Labute approximate surface area is 260 Å². The fraction of sp³-hybridized carbons (Fsp3) is 0.667. The van der Waals surface area contributed by atoms with Crippen LogP contribution in [0.5, 0.6) is 0 Å². The van der Waals surface area contributed by atoms with E-state index in [0.717, 1.165) is 11.7 Å². The van der Waals surface area contributed by atoms with Crippen LogP contribution in [0.2, 0.25) is 5.02 Å². The van der Waals surface area contributed by atoms with Crippen molar-refractivity contribution >= 4 is 35.5 Å². The molecule has 2 saturated heterocycles. The highest BCUT2D eigenvalue weighted by Crippen LogP contribution is 2.26. The van der Waals surface area contributed by atoms with Gasteiger partial charge in [-0.2, -0.15) is 0 Å². The van der Waals surface area contributed by atoms with E-state index in [1.165, 1.54) is 38.8 Å². The van der Waals surface area contributed by atoms with Crippen LogP contribution >= 0.6 is 11.6 Å². The lowest BCUT2D eigenvalue weighted by Gasteiger charge is -2.37. The summed E-state index contributed by atoms with van der Waals surface area (Å²) in [6, 6.07) is 8.26. The van der Waals surface area contributed by atoms with Crippen LogP contribution in [0.25, 0.3) is 0 Å². The van der Waals surface area contributed by atoms with Gasteiger partial charge in [0.2, 0.25) is 18.2 Å². The van der Waals surface area contributed by atoms with Crippen molar-refractivity contribution in [2.24, 2.45) is 5.92 Å². The summed E-state index contributed by atoms with van der Waals surface area (Å²) in [4.78, 5) is 43.9. The van der Waals surface area contributed by atoms with Gasteiger partial charge < -0.3 is 24.9 Å². The van der Waals surface area contributed by atoms with Crippen molar-refractivity contribution in [2.45, 2.75) is 86.2 Å². The minimum Gasteiger partial charge on any atom is -0.367 e.